The number of hydrazine groups is 1. The predicted octanol–water partition coefficient (Wildman–Crippen LogP) is 0.185. The summed E-state index contributed by atoms with van der Waals surface area (Å²) in [5.74, 6) is -0.158. The average Bonchev–Trinajstić information content (AvgIpc) is 3.38. The molecule has 0 spiro atoms. The zero-order valence-electron chi connectivity index (χ0n) is 16.3. The van der Waals surface area contributed by atoms with Gasteiger partial charge in [-0.1, -0.05) is 6.07 Å². The Labute approximate surface area is 165 Å². The van der Waals surface area contributed by atoms with Crippen molar-refractivity contribution in [1.82, 2.24) is 21.5 Å². The quantitative estimate of drug-likeness (QED) is 0.496. The summed E-state index contributed by atoms with van der Waals surface area (Å²) in [4.78, 5) is 27.6. The van der Waals surface area contributed by atoms with E-state index in [1.165, 1.54) is 12.8 Å². The maximum Gasteiger partial charge on any atom is 0.246 e. The van der Waals surface area contributed by atoms with Gasteiger partial charge in [0.2, 0.25) is 11.8 Å². The molecule has 0 radical (unpaired) electrons. The fourth-order valence-electron chi connectivity index (χ4n) is 4.35. The van der Waals surface area contributed by atoms with Gasteiger partial charge < -0.3 is 20.9 Å². The second-order valence-electron chi connectivity index (χ2n) is 7.99. The van der Waals surface area contributed by atoms with E-state index in [2.05, 4.69) is 37.8 Å². The van der Waals surface area contributed by atoms with Gasteiger partial charge in [0.25, 0.3) is 0 Å². The number of nitrogens with zero attached hydrogens (tertiary/aromatic N) is 1. The van der Waals surface area contributed by atoms with E-state index in [0.717, 1.165) is 44.0 Å². The van der Waals surface area contributed by atoms with Crippen molar-refractivity contribution in [3.63, 3.8) is 0 Å². The first-order valence-corrected chi connectivity index (χ1v) is 10.3. The average molecular weight is 387 g/mol. The first kappa shape index (κ1) is 19.2. The first-order chi connectivity index (χ1) is 13.6. The molecule has 5 N–H and O–H groups in total. The van der Waals surface area contributed by atoms with Crippen LogP contribution in [0.5, 0.6) is 0 Å². The standard InChI is InChI=1S/C20H30N6O2/c1-13(22-20(28)18-16-12-21-8-7-17(16)24-25-18)19(27)23-14-5-4-6-15(11-14)26-9-2-3-10-26/h4-6,11,13,16-18,21,24-25H,2-3,7-10,12H2,1H3,(H,22,28)(H,23,27). The zero-order chi connectivity index (χ0) is 19.5. The minimum atomic E-state index is -0.611. The Hall–Kier alpha value is -2.16. The Morgan fingerprint density at radius 1 is 1.21 bits per heavy atom. The lowest BCUT2D eigenvalue weighted by Crippen LogP contribution is -2.53. The minimum absolute atomic E-state index is 0.142. The number of benzene rings is 1. The van der Waals surface area contributed by atoms with E-state index in [0.29, 0.717) is 6.04 Å². The lowest BCUT2D eigenvalue weighted by atomic mass is 9.89. The normalized spacial score (nSPS) is 27.9. The molecule has 1 aromatic rings. The zero-order valence-corrected chi connectivity index (χ0v) is 16.3. The van der Waals surface area contributed by atoms with Crippen molar-refractivity contribution in [2.75, 3.05) is 36.4 Å². The molecule has 4 atom stereocenters. The fourth-order valence-corrected chi connectivity index (χ4v) is 4.35. The van der Waals surface area contributed by atoms with Crippen LogP contribution in [0.4, 0.5) is 11.4 Å². The van der Waals surface area contributed by atoms with Gasteiger partial charge in [-0.15, -0.1) is 0 Å². The van der Waals surface area contributed by atoms with Crippen LogP contribution < -0.4 is 31.7 Å². The summed E-state index contributed by atoms with van der Waals surface area (Å²) in [7, 11) is 0. The number of nitrogens with one attached hydrogen (secondary N) is 5. The molecule has 1 aromatic carbocycles. The van der Waals surface area contributed by atoms with Gasteiger partial charge in [-0.05, 0) is 50.9 Å². The summed E-state index contributed by atoms with van der Waals surface area (Å²) in [5.41, 5.74) is 8.19. The molecular formula is C20H30N6O2. The Balaban J connectivity index is 1.32. The van der Waals surface area contributed by atoms with Crippen LogP contribution in [0.2, 0.25) is 0 Å². The van der Waals surface area contributed by atoms with Gasteiger partial charge in [-0.2, -0.15) is 0 Å². The smallest absolute Gasteiger partial charge is 0.246 e. The lowest BCUT2D eigenvalue weighted by molar-refractivity contribution is -0.128. The Bertz CT molecular complexity index is 720. The highest BCUT2D eigenvalue weighted by Crippen LogP contribution is 2.23. The molecule has 28 heavy (non-hydrogen) atoms. The van der Waals surface area contributed by atoms with Gasteiger partial charge in [0, 0.05) is 43.0 Å². The van der Waals surface area contributed by atoms with Crippen LogP contribution in [-0.4, -0.2) is 56.1 Å². The van der Waals surface area contributed by atoms with Crippen LogP contribution >= 0.6 is 0 Å². The van der Waals surface area contributed by atoms with Gasteiger partial charge in [0.05, 0.1) is 0 Å². The SMILES string of the molecule is CC(NC(=O)C1NNC2CCNCC21)C(=O)Nc1cccc(N2CCCC2)c1. The fraction of sp³-hybridized carbons (Fsp3) is 0.600. The van der Waals surface area contributed by atoms with Crippen molar-refractivity contribution in [2.45, 2.75) is 44.3 Å². The van der Waals surface area contributed by atoms with Crippen molar-refractivity contribution < 1.29 is 9.59 Å². The lowest BCUT2D eigenvalue weighted by Gasteiger charge is -2.28. The molecule has 3 heterocycles. The van der Waals surface area contributed by atoms with Crippen LogP contribution in [0.3, 0.4) is 0 Å². The maximum absolute atomic E-state index is 12.7. The predicted molar refractivity (Wildman–Crippen MR) is 109 cm³/mol. The third kappa shape index (κ3) is 4.14. The molecule has 0 aliphatic carbocycles. The Morgan fingerprint density at radius 3 is 2.86 bits per heavy atom. The van der Waals surface area contributed by atoms with Crippen LogP contribution in [0.25, 0.3) is 0 Å². The van der Waals surface area contributed by atoms with Gasteiger partial charge >= 0.3 is 0 Å². The second kappa shape index (κ2) is 8.46. The summed E-state index contributed by atoms with van der Waals surface area (Å²) < 4.78 is 0. The monoisotopic (exact) mass is 386 g/mol. The van der Waals surface area contributed by atoms with Crippen LogP contribution in [0, 0.1) is 5.92 Å². The molecule has 2 amide bonds. The summed E-state index contributed by atoms with van der Waals surface area (Å²) in [6, 6.07) is 7.27. The molecule has 3 saturated heterocycles. The van der Waals surface area contributed by atoms with Crippen molar-refractivity contribution in [3.8, 4) is 0 Å². The van der Waals surface area contributed by atoms with E-state index in [9.17, 15) is 9.59 Å². The molecule has 8 nitrogen and oxygen atoms in total. The number of carbonyl (C=O) groups is 2. The summed E-state index contributed by atoms with van der Waals surface area (Å²) in [6.45, 7) is 5.59. The van der Waals surface area contributed by atoms with Crippen molar-refractivity contribution >= 4 is 23.2 Å². The van der Waals surface area contributed by atoms with E-state index >= 15 is 0 Å². The highest BCUT2D eigenvalue weighted by Gasteiger charge is 2.41. The van der Waals surface area contributed by atoms with Crippen LogP contribution in [0.15, 0.2) is 24.3 Å². The molecule has 0 bridgehead atoms. The molecule has 152 valence electrons. The van der Waals surface area contributed by atoms with E-state index < -0.39 is 6.04 Å². The molecule has 3 aliphatic heterocycles. The third-order valence-electron chi connectivity index (χ3n) is 6.00. The first-order valence-electron chi connectivity index (χ1n) is 10.3. The number of hydrogen-bond acceptors (Lipinski definition) is 6. The van der Waals surface area contributed by atoms with Crippen molar-refractivity contribution in [2.24, 2.45) is 5.92 Å². The maximum atomic E-state index is 12.7. The van der Waals surface area contributed by atoms with Crippen LogP contribution in [-0.2, 0) is 9.59 Å². The van der Waals surface area contributed by atoms with Gasteiger partial charge in [-0.25, -0.2) is 5.43 Å². The van der Waals surface area contributed by atoms with Crippen LogP contribution in [0.1, 0.15) is 26.2 Å². The molecule has 4 rings (SSSR count). The minimum Gasteiger partial charge on any atom is -0.371 e. The number of piperidine rings is 1. The molecular weight excluding hydrogens is 356 g/mol. The Morgan fingerprint density at radius 2 is 2.04 bits per heavy atom. The number of fused-ring (bicyclic) bond motifs is 1. The summed E-state index contributed by atoms with van der Waals surface area (Å²) in [5, 5.41) is 9.12. The number of rotatable bonds is 5. The molecule has 4 unspecified atom stereocenters. The number of amides is 2. The highest BCUT2D eigenvalue weighted by atomic mass is 16.2. The van der Waals surface area contributed by atoms with E-state index in [1.54, 1.807) is 6.92 Å². The van der Waals surface area contributed by atoms with E-state index in [4.69, 9.17) is 0 Å². The number of anilines is 2. The molecule has 3 fully saturated rings. The molecule has 3 aliphatic rings. The second-order valence-corrected chi connectivity index (χ2v) is 7.99. The number of hydrogen-bond donors (Lipinski definition) is 5. The van der Waals surface area contributed by atoms with Crippen molar-refractivity contribution in [3.05, 3.63) is 24.3 Å². The molecule has 0 saturated carbocycles. The largest absolute Gasteiger partial charge is 0.371 e. The Kier molecular flexibility index (Phi) is 5.79. The third-order valence-corrected chi connectivity index (χ3v) is 6.00. The topological polar surface area (TPSA) is 97.5 Å². The molecule has 0 aromatic heterocycles. The van der Waals surface area contributed by atoms with E-state index in [-0.39, 0.29) is 23.8 Å². The summed E-state index contributed by atoms with van der Waals surface area (Å²) >= 11 is 0. The van der Waals surface area contributed by atoms with Gasteiger partial charge in [-0.3, -0.25) is 15.0 Å². The van der Waals surface area contributed by atoms with Gasteiger partial charge in [0.15, 0.2) is 0 Å². The summed E-state index contributed by atoms with van der Waals surface area (Å²) in [6.07, 6.45) is 3.41. The van der Waals surface area contributed by atoms with E-state index in [1.807, 2.05) is 18.2 Å². The highest BCUT2D eigenvalue weighted by molar-refractivity contribution is 5.98. The van der Waals surface area contributed by atoms with Gasteiger partial charge in [0.1, 0.15) is 12.1 Å². The number of carbonyl (C=O) groups excluding carboxylic acids is 2. The molecule has 8 heteroatoms. The van der Waals surface area contributed by atoms with Crippen molar-refractivity contribution in [1.29, 1.82) is 0 Å².